The summed E-state index contributed by atoms with van der Waals surface area (Å²) >= 11 is 0. The molecule has 0 radical (unpaired) electrons. The fourth-order valence-electron chi connectivity index (χ4n) is 4.94. The monoisotopic (exact) mass is 360 g/mol. The number of likely N-dealkylation sites (N-methyl/N-ethyl adjacent to an activating group) is 1. The largest absolute Gasteiger partial charge is 0.367 e. The molecule has 0 saturated carbocycles. The lowest BCUT2D eigenvalue weighted by molar-refractivity contribution is 0.0983. The van der Waals surface area contributed by atoms with Crippen LogP contribution >= 0.6 is 0 Å². The highest BCUT2D eigenvalue weighted by Gasteiger charge is 2.31. The number of piperidine rings is 1. The molecule has 2 unspecified atom stereocenters. The van der Waals surface area contributed by atoms with Gasteiger partial charge < -0.3 is 15.1 Å². The second kappa shape index (κ2) is 8.24. The molecule has 4 rings (SSSR count). The van der Waals surface area contributed by atoms with Crippen molar-refractivity contribution >= 4 is 5.69 Å². The molecule has 3 saturated heterocycles. The molecule has 1 N–H and O–H groups in total. The maximum atomic E-state index is 14.8. The molecule has 0 amide bonds. The summed E-state index contributed by atoms with van der Waals surface area (Å²) in [4.78, 5) is 7.11. The molecular formula is C21H33FN4. The molecule has 0 bridgehead atoms. The van der Waals surface area contributed by atoms with Crippen molar-refractivity contribution in [1.82, 2.24) is 15.1 Å². The third-order valence-electron chi connectivity index (χ3n) is 6.55. The lowest BCUT2D eigenvalue weighted by Gasteiger charge is -2.39. The van der Waals surface area contributed by atoms with E-state index in [4.69, 9.17) is 0 Å². The summed E-state index contributed by atoms with van der Waals surface area (Å²) in [7, 11) is 2.13. The standard InChI is InChI=1S/C21H33FN4/c1-24-10-12-25(13-11-24)21-6-5-17(14-19(21)22)16-26-9-3-2-4-20(26)18-7-8-23-15-18/h5-6,14,18,20,23H,2-4,7-13,15-16H2,1H3. The van der Waals surface area contributed by atoms with Crippen molar-refractivity contribution in [1.29, 1.82) is 0 Å². The van der Waals surface area contributed by atoms with Crippen LogP contribution in [0.4, 0.5) is 10.1 Å². The summed E-state index contributed by atoms with van der Waals surface area (Å²) in [5.41, 5.74) is 1.90. The molecule has 0 spiro atoms. The van der Waals surface area contributed by atoms with Crippen molar-refractivity contribution in [3.8, 4) is 0 Å². The summed E-state index contributed by atoms with van der Waals surface area (Å²) in [6, 6.07) is 6.60. The van der Waals surface area contributed by atoms with Crippen molar-refractivity contribution in [2.45, 2.75) is 38.3 Å². The summed E-state index contributed by atoms with van der Waals surface area (Å²) in [6.45, 7) is 8.19. The van der Waals surface area contributed by atoms with Gasteiger partial charge in [-0.15, -0.1) is 0 Å². The van der Waals surface area contributed by atoms with Crippen LogP contribution in [0.25, 0.3) is 0 Å². The van der Waals surface area contributed by atoms with E-state index in [1.54, 1.807) is 6.07 Å². The molecule has 1 aromatic rings. The van der Waals surface area contributed by atoms with E-state index in [1.807, 2.05) is 6.07 Å². The molecule has 4 nitrogen and oxygen atoms in total. The quantitative estimate of drug-likeness (QED) is 0.891. The van der Waals surface area contributed by atoms with E-state index in [2.05, 4.69) is 33.1 Å². The molecule has 2 atom stereocenters. The van der Waals surface area contributed by atoms with E-state index in [0.29, 0.717) is 6.04 Å². The number of piperazine rings is 1. The number of nitrogens with one attached hydrogen (secondary N) is 1. The van der Waals surface area contributed by atoms with Gasteiger partial charge in [-0.25, -0.2) is 4.39 Å². The van der Waals surface area contributed by atoms with Gasteiger partial charge in [0.25, 0.3) is 0 Å². The van der Waals surface area contributed by atoms with Crippen LogP contribution in [0.5, 0.6) is 0 Å². The van der Waals surface area contributed by atoms with Gasteiger partial charge in [0.15, 0.2) is 0 Å². The smallest absolute Gasteiger partial charge is 0.146 e. The molecule has 144 valence electrons. The lowest BCUT2D eigenvalue weighted by atomic mass is 9.89. The van der Waals surface area contributed by atoms with E-state index in [9.17, 15) is 4.39 Å². The Balaban J connectivity index is 1.43. The van der Waals surface area contributed by atoms with Gasteiger partial charge in [0.1, 0.15) is 5.82 Å². The fraction of sp³-hybridized carbons (Fsp3) is 0.714. The van der Waals surface area contributed by atoms with E-state index in [-0.39, 0.29) is 5.82 Å². The Morgan fingerprint density at radius 2 is 1.92 bits per heavy atom. The minimum Gasteiger partial charge on any atom is -0.367 e. The Labute approximate surface area is 157 Å². The maximum absolute atomic E-state index is 14.8. The molecular weight excluding hydrogens is 327 g/mol. The third-order valence-corrected chi connectivity index (χ3v) is 6.55. The summed E-state index contributed by atoms with van der Waals surface area (Å²) in [5, 5.41) is 3.51. The molecule has 3 fully saturated rings. The summed E-state index contributed by atoms with van der Waals surface area (Å²) in [6.07, 6.45) is 5.21. The number of hydrogen-bond acceptors (Lipinski definition) is 4. The normalized spacial score (nSPS) is 28.6. The van der Waals surface area contributed by atoms with Crippen molar-refractivity contribution in [2.75, 3.05) is 57.8 Å². The van der Waals surface area contributed by atoms with E-state index < -0.39 is 0 Å². The van der Waals surface area contributed by atoms with Crippen molar-refractivity contribution < 1.29 is 4.39 Å². The minimum absolute atomic E-state index is 0.0526. The van der Waals surface area contributed by atoms with Gasteiger partial charge in [-0.05, 0) is 69.6 Å². The Morgan fingerprint density at radius 1 is 1.08 bits per heavy atom. The highest BCUT2D eigenvalue weighted by molar-refractivity contribution is 5.49. The number of benzene rings is 1. The van der Waals surface area contributed by atoms with Crippen LogP contribution in [0.1, 0.15) is 31.2 Å². The number of hydrogen-bond donors (Lipinski definition) is 1. The lowest BCUT2D eigenvalue weighted by Crippen LogP contribution is -2.45. The van der Waals surface area contributed by atoms with Crippen LogP contribution in [0.2, 0.25) is 0 Å². The highest BCUT2D eigenvalue weighted by atomic mass is 19.1. The number of nitrogens with zero attached hydrogens (tertiary/aromatic N) is 3. The summed E-state index contributed by atoms with van der Waals surface area (Å²) < 4.78 is 14.8. The van der Waals surface area contributed by atoms with Gasteiger partial charge in [0.05, 0.1) is 5.69 Å². The first-order valence-electron chi connectivity index (χ1n) is 10.4. The van der Waals surface area contributed by atoms with Crippen LogP contribution in [0.3, 0.4) is 0 Å². The molecule has 5 heteroatoms. The minimum atomic E-state index is -0.0526. The zero-order valence-electron chi connectivity index (χ0n) is 16.1. The average molecular weight is 361 g/mol. The number of halogens is 1. The Morgan fingerprint density at radius 3 is 2.65 bits per heavy atom. The van der Waals surface area contributed by atoms with Crippen LogP contribution in [0.15, 0.2) is 18.2 Å². The Bertz CT molecular complexity index is 594. The maximum Gasteiger partial charge on any atom is 0.146 e. The second-order valence-corrected chi connectivity index (χ2v) is 8.36. The van der Waals surface area contributed by atoms with E-state index in [1.165, 1.54) is 25.7 Å². The molecule has 0 aromatic heterocycles. The zero-order valence-corrected chi connectivity index (χ0v) is 16.1. The van der Waals surface area contributed by atoms with E-state index in [0.717, 1.165) is 69.5 Å². The predicted octanol–water partition coefficient (Wildman–Crippen LogP) is 2.54. The van der Waals surface area contributed by atoms with Gasteiger partial charge in [-0.1, -0.05) is 12.5 Å². The first kappa shape index (κ1) is 18.2. The van der Waals surface area contributed by atoms with E-state index >= 15 is 0 Å². The highest BCUT2D eigenvalue weighted by Crippen LogP contribution is 2.29. The van der Waals surface area contributed by atoms with Gasteiger partial charge in [0.2, 0.25) is 0 Å². The van der Waals surface area contributed by atoms with Crippen molar-refractivity contribution in [3.05, 3.63) is 29.6 Å². The molecule has 0 aliphatic carbocycles. The van der Waals surface area contributed by atoms with Gasteiger partial charge in [0, 0.05) is 38.8 Å². The molecule has 3 aliphatic heterocycles. The number of anilines is 1. The Hall–Kier alpha value is -1.17. The van der Waals surface area contributed by atoms with Gasteiger partial charge >= 0.3 is 0 Å². The average Bonchev–Trinajstić information content (AvgIpc) is 3.18. The fourth-order valence-corrected chi connectivity index (χ4v) is 4.94. The van der Waals surface area contributed by atoms with Crippen LogP contribution in [-0.2, 0) is 6.54 Å². The SMILES string of the molecule is CN1CCN(c2ccc(CN3CCCCC3C3CCNC3)cc2F)CC1. The Kier molecular flexibility index (Phi) is 5.77. The first-order valence-corrected chi connectivity index (χ1v) is 10.4. The second-order valence-electron chi connectivity index (χ2n) is 8.36. The molecule has 1 aromatic carbocycles. The van der Waals surface area contributed by atoms with Crippen molar-refractivity contribution in [3.63, 3.8) is 0 Å². The predicted molar refractivity (Wildman–Crippen MR) is 105 cm³/mol. The van der Waals surface area contributed by atoms with Crippen LogP contribution in [-0.4, -0.2) is 68.7 Å². The van der Waals surface area contributed by atoms with Crippen LogP contribution < -0.4 is 10.2 Å². The van der Waals surface area contributed by atoms with Crippen LogP contribution in [0, 0.1) is 11.7 Å². The summed E-state index contributed by atoms with van der Waals surface area (Å²) in [5.74, 6) is 0.716. The molecule has 3 heterocycles. The number of rotatable bonds is 4. The molecule has 3 aliphatic rings. The topological polar surface area (TPSA) is 21.8 Å². The van der Waals surface area contributed by atoms with Crippen molar-refractivity contribution in [2.24, 2.45) is 5.92 Å². The van der Waals surface area contributed by atoms with Gasteiger partial charge in [-0.2, -0.15) is 0 Å². The number of likely N-dealkylation sites (tertiary alicyclic amines) is 1. The third kappa shape index (κ3) is 4.05. The zero-order chi connectivity index (χ0) is 17.9. The molecule has 26 heavy (non-hydrogen) atoms. The van der Waals surface area contributed by atoms with Gasteiger partial charge in [-0.3, -0.25) is 4.90 Å². The first-order chi connectivity index (χ1) is 12.7.